The Morgan fingerprint density at radius 3 is 2.57 bits per heavy atom. The van der Waals surface area contributed by atoms with Crippen molar-refractivity contribution in [2.45, 2.75) is 12.2 Å². The number of aromatic nitrogens is 1. The zero-order chi connectivity index (χ0) is 10.7. The van der Waals surface area contributed by atoms with Crippen LogP contribution in [0.3, 0.4) is 0 Å². The van der Waals surface area contributed by atoms with Gasteiger partial charge in [-0.25, -0.2) is 4.79 Å². The molecular formula is C8H8BrNO4. The topological polar surface area (TPSA) is 90.7 Å². The monoisotopic (exact) mass is 261 g/mol. The van der Waals surface area contributed by atoms with E-state index in [0.29, 0.717) is 4.47 Å². The van der Waals surface area contributed by atoms with Gasteiger partial charge in [0.15, 0.2) is 6.10 Å². The molecule has 2 unspecified atom stereocenters. The molecule has 1 heterocycles. The third-order valence-electron chi connectivity index (χ3n) is 1.62. The second-order valence-electron chi connectivity index (χ2n) is 2.66. The number of halogens is 1. The van der Waals surface area contributed by atoms with E-state index in [4.69, 9.17) is 10.2 Å². The third-order valence-corrected chi connectivity index (χ3v) is 2.05. The van der Waals surface area contributed by atoms with Crippen molar-refractivity contribution in [1.29, 1.82) is 0 Å². The molecule has 0 aromatic carbocycles. The number of hydrogen-bond acceptors (Lipinski definition) is 4. The highest BCUT2D eigenvalue weighted by molar-refractivity contribution is 9.10. The van der Waals surface area contributed by atoms with Crippen LogP contribution in [0.4, 0.5) is 0 Å². The molecule has 1 aromatic heterocycles. The summed E-state index contributed by atoms with van der Waals surface area (Å²) in [7, 11) is 0. The maximum absolute atomic E-state index is 10.4. The van der Waals surface area contributed by atoms with Crippen LogP contribution in [0.1, 0.15) is 11.7 Å². The number of aliphatic hydroxyl groups is 2. The minimum absolute atomic E-state index is 0.245. The Morgan fingerprint density at radius 2 is 2.07 bits per heavy atom. The molecule has 0 aliphatic heterocycles. The highest BCUT2D eigenvalue weighted by Crippen LogP contribution is 2.19. The predicted octanol–water partition coefficient (Wildman–Crippen LogP) is 0.323. The van der Waals surface area contributed by atoms with Gasteiger partial charge in [0.1, 0.15) is 6.10 Å². The average molecular weight is 262 g/mol. The molecule has 0 saturated heterocycles. The molecular weight excluding hydrogens is 254 g/mol. The molecule has 0 spiro atoms. The van der Waals surface area contributed by atoms with E-state index in [2.05, 4.69) is 20.9 Å². The minimum Gasteiger partial charge on any atom is -0.479 e. The van der Waals surface area contributed by atoms with Gasteiger partial charge in [0.25, 0.3) is 0 Å². The molecule has 2 atom stereocenters. The van der Waals surface area contributed by atoms with Gasteiger partial charge in [-0.3, -0.25) is 4.98 Å². The summed E-state index contributed by atoms with van der Waals surface area (Å²) < 4.78 is 0.603. The smallest absolute Gasteiger partial charge is 0.335 e. The molecule has 0 saturated carbocycles. The molecule has 0 aliphatic carbocycles. The summed E-state index contributed by atoms with van der Waals surface area (Å²) >= 11 is 3.11. The normalized spacial score (nSPS) is 14.8. The van der Waals surface area contributed by atoms with E-state index in [9.17, 15) is 9.90 Å². The SMILES string of the molecule is O=C(O)C(O)C(O)c1cncc(Br)c1. The number of hydrogen-bond donors (Lipinski definition) is 3. The lowest BCUT2D eigenvalue weighted by molar-refractivity contribution is -0.153. The molecule has 0 bridgehead atoms. The maximum Gasteiger partial charge on any atom is 0.335 e. The van der Waals surface area contributed by atoms with Crippen LogP contribution in [0, 0.1) is 0 Å². The molecule has 1 aromatic rings. The zero-order valence-corrected chi connectivity index (χ0v) is 8.55. The second-order valence-corrected chi connectivity index (χ2v) is 3.58. The van der Waals surface area contributed by atoms with E-state index in [1.54, 1.807) is 0 Å². The van der Waals surface area contributed by atoms with Gasteiger partial charge in [-0.1, -0.05) is 0 Å². The molecule has 76 valence electrons. The summed E-state index contributed by atoms with van der Waals surface area (Å²) in [6.07, 6.45) is -0.533. The molecule has 14 heavy (non-hydrogen) atoms. The summed E-state index contributed by atoms with van der Waals surface area (Å²) in [6, 6.07) is 1.49. The number of carbonyl (C=O) groups is 1. The fraction of sp³-hybridized carbons (Fsp3) is 0.250. The molecule has 0 amide bonds. The maximum atomic E-state index is 10.4. The molecule has 6 heteroatoms. The van der Waals surface area contributed by atoms with Crippen molar-refractivity contribution < 1.29 is 20.1 Å². The van der Waals surface area contributed by atoms with Gasteiger partial charge in [-0.05, 0) is 22.0 Å². The summed E-state index contributed by atoms with van der Waals surface area (Å²) in [5.74, 6) is -1.47. The van der Waals surface area contributed by atoms with E-state index < -0.39 is 18.2 Å². The van der Waals surface area contributed by atoms with Crippen LogP contribution in [-0.4, -0.2) is 32.4 Å². The van der Waals surface area contributed by atoms with E-state index in [1.165, 1.54) is 18.5 Å². The number of carboxylic acid groups (broad SMARTS) is 1. The first kappa shape index (κ1) is 11.1. The van der Waals surface area contributed by atoms with Crippen LogP contribution in [-0.2, 0) is 4.79 Å². The lowest BCUT2D eigenvalue weighted by atomic mass is 10.1. The molecule has 3 N–H and O–H groups in total. The van der Waals surface area contributed by atoms with Gasteiger partial charge < -0.3 is 15.3 Å². The van der Waals surface area contributed by atoms with Gasteiger partial charge >= 0.3 is 5.97 Å². The molecule has 1 rings (SSSR count). The van der Waals surface area contributed by atoms with Gasteiger partial charge in [0, 0.05) is 22.4 Å². The van der Waals surface area contributed by atoms with E-state index >= 15 is 0 Å². The Balaban J connectivity index is 2.89. The van der Waals surface area contributed by atoms with Crippen molar-refractivity contribution >= 4 is 21.9 Å². The van der Waals surface area contributed by atoms with Crippen LogP contribution in [0.15, 0.2) is 22.9 Å². The number of nitrogens with zero attached hydrogens (tertiary/aromatic N) is 1. The Hall–Kier alpha value is -0.980. The number of pyridine rings is 1. The average Bonchev–Trinajstić information content (AvgIpc) is 2.15. The van der Waals surface area contributed by atoms with E-state index in [-0.39, 0.29) is 5.56 Å². The quantitative estimate of drug-likeness (QED) is 0.729. The van der Waals surface area contributed by atoms with Crippen LogP contribution in [0.2, 0.25) is 0 Å². The number of carboxylic acids is 1. The Labute approximate surface area is 88.2 Å². The van der Waals surface area contributed by atoms with Gasteiger partial charge in [0.2, 0.25) is 0 Å². The van der Waals surface area contributed by atoms with Crippen LogP contribution < -0.4 is 0 Å². The predicted molar refractivity (Wildman–Crippen MR) is 50.5 cm³/mol. The van der Waals surface area contributed by atoms with E-state index in [1.807, 2.05) is 0 Å². The van der Waals surface area contributed by atoms with Crippen molar-refractivity contribution in [3.63, 3.8) is 0 Å². The number of aliphatic hydroxyl groups excluding tert-OH is 2. The van der Waals surface area contributed by atoms with Crippen LogP contribution in [0.25, 0.3) is 0 Å². The fourth-order valence-corrected chi connectivity index (χ4v) is 1.29. The first-order valence-corrected chi connectivity index (χ1v) is 4.51. The molecule has 5 nitrogen and oxygen atoms in total. The first-order chi connectivity index (χ1) is 6.52. The van der Waals surface area contributed by atoms with Crippen molar-refractivity contribution in [3.8, 4) is 0 Å². The zero-order valence-electron chi connectivity index (χ0n) is 6.96. The standard InChI is InChI=1S/C8H8BrNO4/c9-5-1-4(2-10-3-5)6(11)7(12)8(13)14/h1-3,6-7,11-12H,(H,13,14). The Kier molecular flexibility index (Phi) is 3.56. The van der Waals surface area contributed by atoms with Gasteiger partial charge in [0.05, 0.1) is 0 Å². The third kappa shape index (κ3) is 2.50. The Bertz CT molecular complexity index is 344. The first-order valence-electron chi connectivity index (χ1n) is 3.71. The minimum atomic E-state index is -1.84. The lowest BCUT2D eigenvalue weighted by Gasteiger charge is -2.13. The number of rotatable bonds is 3. The molecule has 0 fully saturated rings. The number of aliphatic carboxylic acids is 1. The molecule has 0 aliphatic rings. The van der Waals surface area contributed by atoms with Gasteiger partial charge in [-0.15, -0.1) is 0 Å². The fourth-order valence-electron chi connectivity index (χ4n) is 0.907. The highest BCUT2D eigenvalue weighted by atomic mass is 79.9. The van der Waals surface area contributed by atoms with E-state index in [0.717, 1.165) is 0 Å². The highest BCUT2D eigenvalue weighted by Gasteiger charge is 2.25. The second kappa shape index (κ2) is 4.50. The summed E-state index contributed by atoms with van der Waals surface area (Å²) in [5.41, 5.74) is 0.245. The summed E-state index contributed by atoms with van der Waals surface area (Å²) in [5, 5.41) is 26.9. The lowest BCUT2D eigenvalue weighted by Crippen LogP contribution is -2.27. The van der Waals surface area contributed by atoms with Gasteiger partial charge in [-0.2, -0.15) is 0 Å². The van der Waals surface area contributed by atoms with Crippen molar-refractivity contribution in [1.82, 2.24) is 4.98 Å². The van der Waals surface area contributed by atoms with Crippen molar-refractivity contribution in [2.75, 3.05) is 0 Å². The van der Waals surface area contributed by atoms with Crippen molar-refractivity contribution in [2.24, 2.45) is 0 Å². The summed E-state index contributed by atoms with van der Waals surface area (Å²) in [6.45, 7) is 0. The Morgan fingerprint density at radius 1 is 1.43 bits per heavy atom. The van der Waals surface area contributed by atoms with Crippen LogP contribution >= 0.6 is 15.9 Å². The van der Waals surface area contributed by atoms with Crippen molar-refractivity contribution in [3.05, 3.63) is 28.5 Å². The summed E-state index contributed by atoms with van der Waals surface area (Å²) in [4.78, 5) is 14.1. The van der Waals surface area contributed by atoms with Crippen LogP contribution in [0.5, 0.6) is 0 Å². The molecule has 0 radical (unpaired) electrons. The largest absolute Gasteiger partial charge is 0.479 e.